The van der Waals surface area contributed by atoms with E-state index < -0.39 is 0 Å². The third-order valence-electron chi connectivity index (χ3n) is 3.87. The van der Waals surface area contributed by atoms with Crippen LogP contribution in [0.3, 0.4) is 0 Å². The fraction of sp³-hybridized carbons (Fsp3) is 0.500. The summed E-state index contributed by atoms with van der Waals surface area (Å²) in [5.41, 5.74) is 2.23. The first-order chi connectivity index (χ1) is 10.4. The molecule has 2 aromatic rings. The zero-order valence-electron chi connectivity index (χ0n) is 12.4. The van der Waals surface area contributed by atoms with Crippen LogP contribution in [-0.4, -0.2) is 52.4 Å². The summed E-state index contributed by atoms with van der Waals surface area (Å²) < 4.78 is 5.54. The highest BCUT2D eigenvalue weighted by atomic mass is 16.3. The van der Waals surface area contributed by atoms with E-state index in [0.717, 1.165) is 57.9 Å². The molecule has 2 saturated heterocycles. The third-order valence-corrected chi connectivity index (χ3v) is 3.87. The zero-order valence-corrected chi connectivity index (χ0v) is 12.4. The lowest BCUT2D eigenvalue weighted by atomic mass is 10.2. The molecular weight excluding hydrogens is 264 g/mol. The van der Waals surface area contributed by atoms with E-state index in [4.69, 9.17) is 4.42 Å². The predicted molar refractivity (Wildman–Crippen MR) is 87.0 cm³/mol. The highest BCUT2D eigenvalue weighted by Crippen LogP contribution is 2.27. The van der Waals surface area contributed by atoms with E-state index in [1.165, 1.54) is 11.1 Å². The number of anilines is 1. The van der Waals surface area contributed by atoms with Crippen LogP contribution in [0.15, 0.2) is 34.9 Å². The highest BCUT2D eigenvalue weighted by Gasteiger charge is 2.14. The minimum atomic E-state index is 1.01. The SMILES string of the molecule is C1CNCCN1.c1cc(N2CCNCC2)c2occc2c1. The molecule has 0 saturated carbocycles. The van der Waals surface area contributed by atoms with Crippen molar-refractivity contribution in [3.8, 4) is 0 Å². The van der Waals surface area contributed by atoms with E-state index in [1.807, 2.05) is 6.07 Å². The van der Waals surface area contributed by atoms with E-state index in [0.29, 0.717) is 0 Å². The number of furan rings is 1. The summed E-state index contributed by atoms with van der Waals surface area (Å²) in [7, 11) is 0. The molecule has 3 N–H and O–H groups in total. The van der Waals surface area contributed by atoms with Crippen molar-refractivity contribution >= 4 is 16.7 Å². The van der Waals surface area contributed by atoms with Gasteiger partial charge in [0, 0.05) is 57.7 Å². The molecule has 21 heavy (non-hydrogen) atoms. The second kappa shape index (κ2) is 7.45. The average molecular weight is 288 g/mol. The van der Waals surface area contributed by atoms with Crippen LogP contribution >= 0.6 is 0 Å². The summed E-state index contributed by atoms with van der Waals surface area (Å²) in [6, 6.07) is 8.33. The lowest BCUT2D eigenvalue weighted by molar-refractivity contribution is 0.534. The Morgan fingerprint density at radius 3 is 2.14 bits per heavy atom. The number of nitrogens with zero attached hydrogens (tertiary/aromatic N) is 1. The van der Waals surface area contributed by atoms with Crippen LogP contribution in [-0.2, 0) is 0 Å². The quantitative estimate of drug-likeness (QED) is 0.731. The Balaban J connectivity index is 0.000000186. The number of piperazine rings is 2. The Hall–Kier alpha value is -1.56. The molecule has 0 unspecified atom stereocenters. The van der Waals surface area contributed by atoms with Crippen molar-refractivity contribution in [2.24, 2.45) is 0 Å². The van der Waals surface area contributed by atoms with Gasteiger partial charge >= 0.3 is 0 Å². The molecule has 0 amide bonds. The summed E-state index contributed by atoms with van der Waals surface area (Å²) in [5.74, 6) is 0. The largest absolute Gasteiger partial charge is 0.462 e. The van der Waals surface area contributed by atoms with E-state index in [1.54, 1.807) is 6.26 Å². The fourth-order valence-electron chi connectivity index (χ4n) is 2.74. The van der Waals surface area contributed by atoms with E-state index in [9.17, 15) is 0 Å². The van der Waals surface area contributed by atoms with Crippen LogP contribution in [0, 0.1) is 0 Å². The maximum Gasteiger partial charge on any atom is 0.157 e. The topological polar surface area (TPSA) is 52.5 Å². The van der Waals surface area contributed by atoms with Gasteiger partial charge in [-0.3, -0.25) is 0 Å². The number of hydrogen-bond acceptors (Lipinski definition) is 5. The first-order valence-electron chi connectivity index (χ1n) is 7.78. The fourth-order valence-corrected chi connectivity index (χ4v) is 2.74. The lowest BCUT2D eigenvalue weighted by Gasteiger charge is -2.29. The molecule has 2 aliphatic heterocycles. The summed E-state index contributed by atoms with van der Waals surface area (Å²) >= 11 is 0. The van der Waals surface area contributed by atoms with Crippen molar-refractivity contribution in [3.05, 3.63) is 30.5 Å². The normalized spacial score (nSPS) is 19.1. The first-order valence-corrected chi connectivity index (χ1v) is 7.78. The van der Waals surface area contributed by atoms with Gasteiger partial charge in [-0.25, -0.2) is 0 Å². The molecule has 0 radical (unpaired) electrons. The van der Waals surface area contributed by atoms with Gasteiger partial charge in [-0.1, -0.05) is 12.1 Å². The van der Waals surface area contributed by atoms with Gasteiger partial charge in [0.1, 0.15) is 0 Å². The minimum absolute atomic E-state index is 1.01. The Bertz CT molecular complexity index is 532. The number of para-hydroxylation sites is 1. The maximum atomic E-state index is 5.54. The monoisotopic (exact) mass is 288 g/mol. The van der Waals surface area contributed by atoms with Crippen LogP contribution in [0.1, 0.15) is 0 Å². The molecule has 114 valence electrons. The number of nitrogens with one attached hydrogen (secondary N) is 3. The smallest absolute Gasteiger partial charge is 0.157 e. The molecule has 0 spiro atoms. The maximum absolute atomic E-state index is 5.54. The molecule has 0 atom stereocenters. The van der Waals surface area contributed by atoms with Crippen molar-refractivity contribution in [2.45, 2.75) is 0 Å². The third kappa shape index (κ3) is 3.75. The molecule has 5 heteroatoms. The van der Waals surface area contributed by atoms with E-state index in [2.05, 4.69) is 39.0 Å². The van der Waals surface area contributed by atoms with Gasteiger partial charge in [0.2, 0.25) is 0 Å². The van der Waals surface area contributed by atoms with Crippen molar-refractivity contribution < 1.29 is 4.42 Å². The molecule has 5 nitrogen and oxygen atoms in total. The molecule has 2 fully saturated rings. The van der Waals surface area contributed by atoms with Crippen LogP contribution in [0.4, 0.5) is 5.69 Å². The second-order valence-corrected chi connectivity index (χ2v) is 5.35. The van der Waals surface area contributed by atoms with Crippen LogP contribution in [0.25, 0.3) is 11.0 Å². The molecule has 0 aliphatic carbocycles. The average Bonchev–Trinajstić information content (AvgIpc) is 3.06. The summed E-state index contributed by atoms with van der Waals surface area (Å²) in [5, 5.41) is 11.0. The van der Waals surface area contributed by atoms with Crippen LogP contribution in [0.5, 0.6) is 0 Å². The van der Waals surface area contributed by atoms with Gasteiger partial charge in [-0.05, 0) is 12.1 Å². The lowest BCUT2D eigenvalue weighted by Crippen LogP contribution is -2.43. The number of hydrogen-bond donors (Lipinski definition) is 3. The number of benzene rings is 1. The Kier molecular flexibility index (Phi) is 5.10. The standard InChI is InChI=1S/C12H14N2O.C4H10N2/c1-2-10-4-9-15-12(10)11(3-1)14-7-5-13-6-8-14;1-2-6-4-3-5-1/h1-4,9,13H,5-8H2;5-6H,1-4H2. The Morgan fingerprint density at radius 1 is 0.810 bits per heavy atom. The Morgan fingerprint density at radius 2 is 1.48 bits per heavy atom. The number of rotatable bonds is 1. The zero-order chi connectivity index (χ0) is 14.3. The summed E-state index contributed by atoms with van der Waals surface area (Å²) in [4.78, 5) is 2.38. The van der Waals surface area contributed by atoms with Crippen LogP contribution < -0.4 is 20.9 Å². The molecule has 1 aromatic carbocycles. The van der Waals surface area contributed by atoms with Crippen molar-refractivity contribution in [3.63, 3.8) is 0 Å². The van der Waals surface area contributed by atoms with Gasteiger partial charge in [0.15, 0.2) is 5.58 Å². The Labute approximate surface area is 125 Å². The van der Waals surface area contributed by atoms with Crippen molar-refractivity contribution in [2.75, 3.05) is 57.3 Å². The van der Waals surface area contributed by atoms with Crippen molar-refractivity contribution in [1.29, 1.82) is 0 Å². The molecule has 0 bridgehead atoms. The van der Waals surface area contributed by atoms with Gasteiger partial charge in [0.05, 0.1) is 12.0 Å². The van der Waals surface area contributed by atoms with E-state index >= 15 is 0 Å². The van der Waals surface area contributed by atoms with Gasteiger partial charge < -0.3 is 25.3 Å². The predicted octanol–water partition coefficient (Wildman–Crippen LogP) is 1.02. The number of fused-ring (bicyclic) bond motifs is 1. The van der Waals surface area contributed by atoms with Crippen molar-refractivity contribution in [1.82, 2.24) is 16.0 Å². The molecule has 4 rings (SSSR count). The molecule has 1 aromatic heterocycles. The van der Waals surface area contributed by atoms with Crippen LogP contribution in [0.2, 0.25) is 0 Å². The summed E-state index contributed by atoms with van der Waals surface area (Å²) in [6.45, 7) is 8.77. The van der Waals surface area contributed by atoms with Gasteiger partial charge in [-0.2, -0.15) is 0 Å². The van der Waals surface area contributed by atoms with E-state index in [-0.39, 0.29) is 0 Å². The van der Waals surface area contributed by atoms with Gasteiger partial charge in [0.25, 0.3) is 0 Å². The molecule has 3 heterocycles. The summed E-state index contributed by atoms with van der Waals surface area (Å²) in [6.07, 6.45) is 1.76. The first kappa shape index (κ1) is 14.4. The second-order valence-electron chi connectivity index (χ2n) is 5.35. The van der Waals surface area contributed by atoms with Gasteiger partial charge in [-0.15, -0.1) is 0 Å². The minimum Gasteiger partial charge on any atom is -0.462 e. The molecular formula is C16H24N4O. The molecule has 2 aliphatic rings. The highest BCUT2D eigenvalue weighted by molar-refractivity contribution is 5.89.